The molecule has 12 heavy (non-hydrogen) atoms. The fourth-order valence-electron chi connectivity index (χ4n) is 2.14. The Kier molecular flexibility index (Phi) is 2.35. The van der Waals surface area contributed by atoms with Gasteiger partial charge in [0.25, 0.3) is 0 Å². The summed E-state index contributed by atoms with van der Waals surface area (Å²) in [6, 6.07) is 0. The maximum Gasteiger partial charge on any atom is 0.181 e. The second-order valence-corrected chi connectivity index (χ2v) is 3.78. The second-order valence-electron chi connectivity index (χ2n) is 3.78. The van der Waals surface area contributed by atoms with Crippen molar-refractivity contribution >= 4 is 0 Å². The first-order valence-electron chi connectivity index (χ1n) is 4.75. The standard InChI is InChI=1S/C9H16O3/c10-6-8-11-7-9(12-8)4-2-1-3-5-9/h8,10H,1-7H2. The van der Waals surface area contributed by atoms with E-state index < -0.39 is 0 Å². The van der Waals surface area contributed by atoms with Gasteiger partial charge in [-0.15, -0.1) is 0 Å². The molecule has 1 spiro atoms. The summed E-state index contributed by atoms with van der Waals surface area (Å²) >= 11 is 0. The summed E-state index contributed by atoms with van der Waals surface area (Å²) in [6.45, 7) is 0.667. The molecule has 1 saturated carbocycles. The van der Waals surface area contributed by atoms with Gasteiger partial charge in [0, 0.05) is 0 Å². The molecule has 1 N–H and O–H groups in total. The maximum atomic E-state index is 8.83. The molecule has 0 aromatic rings. The van der Waals surface area contributed by atoms with Crippen molar-refractivity contribution in [2.75, 3.05) is 13.2 Å². The van der Waals surface area contributed by atoms with Gasteiger partial charge >= 0.3 is 0 Å². The number of rotatable bonds is 1. The number of aliphatic hydroxyl groups excluding tert-OH is 1. The molecule has 1 atom stereocenters. The number of hydrogen-bond acceptors (Lipinski definition) is 3. The van der Waals surface area contributed by atoms with Crippen LogP contribution in [-0.2, 0) is 9.47 Å². The average Bonchev–Trinajstić information content (AvgIpc) is 2.50. The van der Waals surface area contributed by atoms with Crippen molar-refractivity contribution in [1.29, 1.82) is 0 Å². The molecule has 3 heteroatoms. The molecule has 0 amide bonds. The van der Waals surface area contributed by atoms with E-state index in [-0.39, 0.29) is 18.5 Å². The monoisotopic (exact) mass is 172 g/mol. The van der Waals surface area contributed by atoms with Gasteiger partial charge in [-0.3, -0.25) is 0 Å². The zero-order valence-electron chi connectivity index (χ0n) is 7.29. The smallest absolute Gasteiger partial charge is 0.181 e. The molecular formula is C9H16O3. The van der Waals surface area contributed by atoms with Crippen LogP contribution in [0.4, 0.5) is 0 Å². The van der Waals surface area contributed by atoms with Gasteiger partial charge in [0.15, 0.2) is 6.29 Å². The van der Waals surface area contributed by atoms with Crippen molar-refractivity contribution in [3.8, 4) is 0 Å². The van der Waals surface area contributed by atoms with Crippen molar-refractivity contribution in [2.24, 2.45) is 0 Å². The molecule has 2 fully saturated rings. The highest BCUT2D eigenvalue weighted by molar-refractivity contribution is 4.87. The molecule has 3 nitrogen and oxygen atoms in total. The zero-order valence-corrected chi connectivity index (χ0v) is 7.29. The summed E-state index contributed by atoms with van der Waals surface area (Å²) in [5.74, 6) is 0. The van der Waals surface area contributed by atoms with Crippen LogP contribution in [0.1, 0.15) is 32.1 Å². The Balaban J connectivity index is 1.94. The van der Waals surface area contributed by atoms with E-state index in [4.69, 9.17) is 14.6 Å². The van der Waals surface area contributed by atoms with Crippen LogP contribution in [0.3, 0.4) is 0 Å². The van der Waals surface area contributed by atoms with E-state index in [1.807, 2.05) is 0 Å². The zero-order chi connectivity index (χ0) is 8.44. The fraction of sp³-hybridized carbons (Fsp3) is 1.00. The third-order valence-electron chi connectivity index (χ3n) is 2.83. The van der Waals surface area contributed by atoms with Crippen LogP contribution < -0.4 is 0 Å². The van der Waals surface area contributed by atoms with Gasteiger partial charge < -0.3 is 14.6 Å². The first kappa shape index (κ1) is 8.48. The molecule has 70 valence electrons. The van der Waals surface area contributed by atoms with Crippen molar-refractivity contribution in [1.82, 2.24) is 0 Å². The van der Waals surface area contributed by atoms with Crippen molar-refractivity contribution in [3.63, 3.8) is 0 Å². The van der Waals surface area contributed by atoms with Crippen molar-refractivity contribution in [3.05, 3.63) is 0 Å². The third kappa shape index (κ3) is 1.49. The number of hydrogen-bond donors (Lipinski definition) is 1. The lowest BCUT2D eigenvalue weighted by Crippen LogP contribution is -2.34. The predicted octanol–water partition coefficient (Wildman–Crippen LogP) is 1.05. The van der Waals surface area contributed by atoms with Gasteiger partial charge in [0.05, 0.1) is 18.8 Å². The summed E-state index contributed by atoms with van der Waals surface area (Å²) < 4.78 is 11.0. The van der Waals surface area contributed by atoms with Crippen molar-refractivity contribution < 1.29 is 14.6 Å². The second kappa shape index (κ2) is 3.32. The van der Waals surface area contributed by atoms with E-state index >= 15 is 0 Å². The quantitative estimate of drug-likeness (QED) is 0.642. The lowest BCUT2D eigenvalue weighted by Gasteiger charge is -2.30. The Labute approximate surface area is 72.7 Å². The van der Waals surface area contributed by atoms with Gasteiger partial charge in [-0.25, -0.2) is 0 Å². The topological polar surface area (TPSA) is 38.7 Å². The predicted molar refractivity (Wildman–Crippen MR) is 43.7 cm³/mol. The van der Waals surface area contributed by atoms with Crippen LogP contribution in [0.15, 0.2) is 0 Å². The lowest BCUT2D eigenvalue weighted by atomic mass is 9.86. The van der Waals surface area contributed by atoms with E-state index in [0.29, 0.717) is 6.61 Å². The molecule has 1 heterocycles. The molecule has 2 rings (SSSR count). The fourth-order valence-corrected chi connectivity index (χ4v) is 2.14. The van der Waals surface area contributed by atoms with Gasteiger partial charge in [0.2, 0.25) is 0 Å². The Morgan fingerprint density at radius 2 is 2.00 bits per heavy atom. The Hall–Kier alpha value is -0.120. The summed E-state index contributed by atoms with van der Waals surface area (Å²) in [6.07, 6.45) is 5.63. The first-order chi connectivity index (χ1) is 5.85. The van der Waals surface area contributed by atoms with Crippen LogP contribution in [-0.4, -0.2) is 30.2 Å². The normalized spacial score (nSPS) is 34.2. The van der Waals surface area contributed by atoms with Crippen molar-refractivity contribution in [2.45, 2.75) is 44.0 Å². The van der Waals surface area contributed by atoms with Crippen LogP contribution in [0.25, 0.3) is 0 Å². The third-order valence-corrected chi connectivity index (χ3v) is 2.83. The van der Waals surface area contributed by atoms with E-state index in [0.717, 1.165) is 12.8 Å². The van der Waals surface area contributed by atoms with E-state index in [1.165, 1.54) is 19.3 Å². The van der Waals surface area contributed by atoms with Crippen LogP contribution in [0.2, 0.25) is 0 Å². The van der Waals surface area contributed by atoms with E-state index in [2.05, 4.69) is 0 Å². The highest BCUT2D eigenvalue weighted by atomic mass is 16.7. The van der Waals surface area contributed by atoms with Crippen LogP contribution in [0.5, 0.6) is 0 Å². The maximum absolute atomic E-state index is 8.83. The minimum absolute atomic E-state index is 0.0122. The van der Waals surface area contributed by atoms with Gasteiger partial charge in [-0.2, -0.15) is 0 Å². The van der Waals surface area contributed by atoms with Gasteiger partial charge in [0.1, 0.15) is 0 Å². The molecule has 1 saturated heterocycles. The molecule has 0 aromatic carbocycles. The van der Waals surface area contributed by atoms with Gasteiger partial charge in [-0.05, 0) is 12.8 Å². The van der Waals surface area contributed by atoms with Gasteiger partial charge in [-0.1, -0.05) is 19.3 Å². The molecule has 0 bridgehead atoms. The molecule has 1 aliphatic carbocycles. The first-order valence-corrected chi connectivity index (χ1v) is 4.75. The summed E-state index contributed by atoms with van der Waals surface area (Å²) in [5, 5.41) is 8.83. The Morgan fingerprint density at radius 3 is 2.58 bits per heavy atom. The Bertz CT molecular complexity index is 152. The molecule has 1 aliphatic heterocycles. The molecule has 2 aliphatic rings. The van der Waals surface area contributed by atoms with Crippen LogP contribution >= 0.6 is 0 Å². The minimum atomic E-state index is -0.358. The Morgan fingerprint density at radius 1 is 1.25 bits per heavy atom. The highest BCUT2D eigenvalue weighted by Gasteiger charge is 2.41. The number of ether oxygens (including phenoxy) is 2. The summed E-state index contributed by atoms with van der Waals surface area (Å²) in [5.41, 5.74) is -0.0361. The van der Waals surface area contributed by atoms with E-state index in [9.17, 15) is 0 Å². The summed E-state index contributed by atoms with van der Waals surface area (Å²) in [7, 11) is 0. The molecule has 1 unspecified atom stereocenters. The minimum Gasteiger partial charge on any atom is -0.391 e. The summed E-state index contributed by atoms with van der Waals surface area (Å²) in [4.78, 5) is 0. The largest absolute Gasteiger partial charge is 0.391 e. The molecule has 0 aromatic heterocycles. The van der Waals surface area contributed by atoms with Crippen LogP contribution in [0, 0.1) is 0 Å². The lowest BCUT2D eigenvalue weighted by molar-refractivity contribution is -0.121. The molecular weight excluding hydrogens is 156 g/mol. The SMILES string of the molecule is OCC1OCC2(CCCCC2)O1. The number of aliphatic hydroxyl groups is 1. The highest BCUT2D eigenvalue weighted by Crippen LogP contribution is 2.36. The average molecular weight is 172 g/mol. The molecule has 0 radical (unpaired) electrons. The van der Waals surface area contributed by atoms with E-state index in [1.54, 1.807) is 0 Å².